The van der Waals surface area contributed by atoms with Crippen LogP contribution in [0, 0.1) is 5.92 Å². The monoisotopic (exact) mass is 488 g/mol. The second-order valence-corrected chi connectivity index (χ2v) is 10.6. The quantitative estimate of drug-likeness (QED) is 0.228. The maximum absolute atomic E-state index is 12.0. The first kappa shape index (κ1) is 26.0. The Morgan fingerprint density at radius 3 is 2.64 bits per heavy atom. The lowest BCUT2D eigenvalue weighted by molar-refractivity contribution is 0.0511. The zero-order chi connectivity index (χ0) is 23.6. The van der Waals surface area contributed by atoms with E-state index < -0.39 is 0 Å². The molecule has 3 nitrogen and oxygen atoms in total. The molecule has 1 aromatic heterocycles. The Balaban J connectivity index is 1.54. The van der Waals surface area contributed by atoms with Gasteiger partial charge in [0, 0.05) is 9.91 Å². The van der Waals surface area contributed by atoms with Crippen LogP contribution in [0.5, 0.6) is 0 Å². The molecule has 0 bridgehead atoms. The van der Waals surface area contributed by atoms with Gasteiger partial charge in [-0.15, -0.1) is 11.3 Å². The van der Waals surface area contributed by atoms with Gasteiger partial charge >= 0.3 is 5.97 Å². The van der Waals surface area contributed by atoms with Gasteiger partial charge in [0.15, 0.2) is 0 Å². The number of esters is 1. The molecule has 0 amide bonds. The number of aryl methyl sites for hydroxylation is 1. The molecule has 1 heterocycles. The molecule has 5 heteroatoms. The van der Waals surface area contributed by atoms with Crippen LogP contribution in [0.1, 0.15) is 103 Å². The van der Waals surface area contributed by atoms with Crippen molar-refractivity contribution in [2.45, 2.75) is 84.2 Å². The van der Waals surface area contributed by atoms with Crippen molar-refractivity contribution in [1.29, 1.82) is 0 Å². The maximum Gasteiger partial charge on any atom is 0.348 e. The Morgan fingerprint density at radius 2 is 1.91 bits per heavy atom. The number of halogens is 1. The van der Waals surface area contributed by atoms with Crippen molar-refractivity contribution in [1.82, 2.24) is 0 Å². The van der Waals surface area contributed by atoms with Gasteiger partial charge < -0.3 is 9.84 Å². The van der Waals surface area contributed by atoms with Crippen molar-refractivity contribution in [3.05, 3.63) is 62.3 Å². The highest BCUT2D eigenvalue weighted by atomic mass is 35.5. The van der Waals surface area contributed by atoms with Gasteiger partial charge in [0.2, 0.25) is 0 Å². The molecule has 1 aromatic carbocycles. The van der Waals surface area contributed by atoms with Crippen LogP contribution < -0.4 is 0 Å². The van der Waals surface area contributed by atoms with E-state index in [-0.39, 0.29) is 12.1 Å². The summed E-state index contributed by atoms with van der Waals surface area (Å²) in [5.41, 5.74) is 3.45. The van der Waals surface area contributed by atoms with Gasteiger partial charge in [-0.05, 0) is 79.7 Å². The minimum atomic E-state index is -0.385. The molecule has 2 atom stereocenters. The number of unbranched alkanes of at least 4 members (excludes halogenated alkanes) is 2. The smallest absolute Gasteiger partial charge is 0.348 e. The molecule has 2 aromatic rings. The topological polar surface area (TPSA) is 46.5 Å². The van der Waals surface area contributed by atoms with Crippen LogP contribution in [0.3, 0.4) is 0 Å². The van der Waals surface area contributed by atoms with Crippen LogP contribution >= 0.6 is 22.9 Å². The highest BCUT2D eigenvalue weighted by molar-refractivity contribution is 7.13. The largest absolute Gasteiger partial charge is 0.462 e. The highest BCUT2D eigenvalue weighted by Crippen LogP contribution is 2.43. The summed E-state index contributed by atoms with van der Waals surface area (Å²) in [5, 5.41) is 11.4. The van der Waals surface area contributed by atoms with Crippen molar-refractivity contribution in [3.63, 3.8) is 0 Å². The second kappa shape index (κ2) is 13.3. The maximum atomic E-state index is 12.0. The normalized spacial score (nSPS) is 16.9. The summed E-state index contributed by atoms with van der Waals surface area (Å²) in [6.07, 6.45) is 9.81. The van der Waals surface area contributed by atoms with Gasteiger partial charge in [-0.3, -0.25) is 0 Å². The predicted octanol–water partition coefficient (Wildman–Crippen LogP) is 8.31. The van der Waals surface area contributed by atoms with Crippen LogP contribution in [-0.2, 0) is 11.2 Å². The average Bonchev–Trinajstić information content (AvgIpc) is 3.44. The molecular weight excluding hydrogens is 452 g/mol. The fraction of sp³-hybridized carbons (Fsp3) is 0.536. The van der Waals surface area contributed by atoms with Crippen LogP contribution in [-0.4, -0.2) is 17.7 Å². The summed E-state index contributed by atoms with van der Waals surface area (Å²) in [4.78, 5) is 13.9. The molecule has 0 saturated carbocycles. The number of hydrogen-bond acceptors (Lipinski definition) is 4. The molecule has 0 radical (unpaired) electrons. The van der Waals surface area contributed by atoms with E-state index in [1.165, 1.54) is 22.4 Å². The number of aliphatic hydroxyl groups is 1. The second-order valence-electron chi connectivity index (χ2n) is 8.98. The van der Waals surface area contributed by atoms with Crippen LogP contribution in [0.2, 0.25) is 0 Å². The standard InChI is InChI=1S/C28H37ClO3S/c1-3-5-6-10-25(30)20-11-13-22(14-12-20)27-21(15-17-24(27)29)8-7-9-23-16-18-26(33-23)28(31)32-19-4-2/h11-14,16,18,21,25,30H,3-10,15,17,19H2,1-2H3/t21-,25?/m0/s1. The zero-order valence-corrected chi connectivity index (χ0v) is 21.5. The Bertz CT molecular complexity index is 915. The van der Waals surface area contributed by atoms with E-state index in [4.69, 9.17) is 16.3 Å². The summed E-state index contributed by atoms with van der Waals surface area (Å²) in [6.45, 7) is 4.65. The summed E-state index contributed by atoms with van der Waals surface area (Å²) in [6, 6.07) is 12.3. The van der Waals surface area contributed by atoms with Gasteiger partial charge in [-0.25, -0.2) is 4.79 Å². The third kappa shape index (κ3) is 7.43. The molecule has 1 unspecified atom stereocenters. The molecule has 0 saturated heterocycles. The molecule has 1 N–H and O–H groups in total. The molecule has 0 aliphatic heterocycles. The Morgan fingerprint density at radius 1 is 1.12 bits per heavy atom. The first-order chi connectivity index (χ1) is 16.0. The van der Waals surface area contributed by atoms with Crippen molar-refractivity contribution in [2.24, 2.45) is 5.92 Å². The molecule has 180 valence electrons. The SMILES string of the molecule is CCCCCC(O)c1ccc(C2=C(Cl)CC[C@@H]2CCCc2ccc(C(=O)OCCC)s2)cc1. The molecule has 0 spiro atoms. The Hall–Kier alpha value is -1.62. The number of rotatable bonds is 13. The molecule has 33 heavy (non-hydrogen) atoms. The van der Waals surface area contributed by atoms with Crippen LogP contribution in [0.25, 0.3) is 5.57 Å². The lowest BCUT2D eigenvalue weighted by Crippen LogP contribution is -2.03. The number of allylic oxidation sites excluding steroid dienone is 2. The summed E-state index contributed by atoms with van der Waals surface area (Å²) in [5.74, 6) is 0.256. The summed E-state index contributed by atoms with van der Waals surface area (Å²) < 4.78 is 5.23. The van der Waals surface area contributed by atoms with Crippen LogP contribution in [0.4, 0.5) is 0 Å². The van der Waals surface area contributed by atoms with Crippen molar-refractivity contribution < 1.29 is 14.6 Å². The van der Waals surface area contributed by atoms with Crippen LogP contribution in [0.15, 0.2) is 41.4 Å². The molecular formula is C28H37ClO3S. The van der Waals surface area contributed by atoms with E-state index in [1.54, 1.807) is 11.3 Å². The fourth-order valence-corrected chi connectivity index (χ4v) is 5.85. The van der Waals surface area contributed by atoms with Crippen molar-refractivity contribution in [2.75, 3.05) is 6.61 Å². The third-order valence-electron chi connectivity index (χ3n) is 6.38. The minimum absolute atomic E-state index is 0.208. The summed E-state index contributed by atoms with van der Waals surface area (Å²) >= 11 is 8.20. The van der Waals surface area contributed by atoms with Gasteiger partial charge in [0.05, 0.1) is 12.7 Å². The molecule has 1 aliphatic rings. The van der Waals surface area contributed by atoms with Gasteiger partial charge in [-0.2, -0.15) is 0 Å². The summed E-state index contributed by atoms with van der Waals surface area (Å²) in [7, 11) is 0. The number of thiophene rings is 1. The molecule has 0 fully saturated rings. The number of aliphatic hydroxyl groups excluding tert-OH is 1. The molecule has 3 rings (SSSR count). The fourth-order valence-electron chi connectivity index (χ4n) is 4.53. The minimum Gasteiger partial charge on any atom is -0.462 e. The number of ether oxygens (including phenoxy) is 1. The average molecular weight is 489 g/mol. The number of carbonyl (C=O) groups excluding carboxylic acids is 1. The number of hydrogen-bond donors (Lipinski definition) is 1. The Kier molecular flexibility index (Phi) is 10.5. The van der Waals surface area contributed by atoms with Crippen molar-refractivity contribution in [3.8, 4) is 0 Å². The number of carbonyl (C=O) groups is 1. The van der Waals surface area contributed by atoms with E-state index in [0.29, 0.717) is 17.4 Å². The highest BCUT2D eigenvalue weighted by Gasteiger charge is 2.25. The number of benzene rings is 1. The van der Waals surface area contributed by atoms with E-state index in [1.807, 2.05) is 13.0 Å². The lowest BCUT2D eigenvalue weighted by atomic mass is 9.89. The van der Waals surface area contributed by atoms with E-state index in [9.17, 15) is 9.90 Å². The Labute approximate surface area is 207 Å². The van der Waals surface area contributed by atoms with Gasteiger partial charge in [0.25, 0.3) is 0 Å². The van der Waals surface area contributed by atoms with E-state index in [0.717, 1.165) is 68.4 Å². The van der Waals surface area contributed by atoms with E-state index >= 15 is 0 Å². The lowest BCUT2D eigenvalue weighted by Gasteiger charge is -2.17. The first-order valence-corrected chi connectivity index (χ1v) is 13.7. The molecule has 1 aliphatic carbocycles. The zero-order valence-electron chi connectivity index (χ0n) is 19.9. The van der Waals surface area contributed by atoms with Crippen molar-refractivity contribution >= 4 is 34.5 Å². The van der Waals surface area contributed by atoms with Gasteiger partial charge in [-0.1, -0.05) is 69.0 Å². The first-order valence-electron chi connectivity index (χ1n) is 12.5. The predicted molar refractivity (Wildman–Crippen MR) is 139 cm³/mol. The van der Waals surface area contributed by atoms with E-state index in [2.05, 4.69) is 37.3 Å². The van der Waals surface area contributed by atoms with Gasteiger partial charge in [0.1, 0.15) is 4.88 Å². The third-order valence-corrected chi connectivity index (χ3v) is 7.89.